The number of nitrogens with one attached hydrogen (secondary N) is 1. The van der Waals surface area contributed by atoms with Crippen LogP contribution in [0.5, 0.6) is 0 Å². The Morgan fingerprint density at radius 3 is 2.81 bits per heavy atom. The summed E-state index contributed by atoms with van der Waals surface area (Å²) in [5.41, 5.74) is 11.8. The summed E-state index contributed by atoms with van der Waals surface area (Å²) < 4.78 is 13.0. The van der Waals surface area contributed by atoms with E-state index in [4.69, 9.17) is 11.5 Å². The monoisotopic (exact) mass is 221 g/mol. The smallest absolute Gasteiger partial charge is 0.217 e. The molecule has 0 bridgehead atoms. The lowest BCUT2D eigenvalue weighted by atomic mass is 10.1. The molecule has 5 heteroatoms. The fraction of sp³-hybridized carbons (Fsp3) is 0.182. The molecule has 0 aromatic heterocycles. The van der Waals surface area contributed by atoms with Gasteiger partial charge in [0.1, 0.15) is 5.82 Å². The van der Waals surface area contributed by atoms with E-state index in [1.54, 1.807) is 0 Å². The maximum Gasteiger partial charge on any atom is 0.217 e. The predicted molar refractivity (Wildman–Crippen MR) is 60.8 cm³/mol. The van der Waals surface area contributed by atoms with Gasteiger partial charge in [0.2, 0.25) is 5.91 Å². The van der Waals surface area contributed by atoms with Crippen LogP contribution in [0.1, 0.15) is 12.5 Å². The minimum absolute atomic E-state index is 0.156. The van der Waals surface area contributed by atoms with Crippen LogP contribution < -0.4 is 16.8 Å². The fourth-order valence-corrected chi connectivity index (χ4v) is 1.05. The highest BCUT2D eigenvalue weighted by atomic mass is 19.1. The summed E-state index contributed by atoms with van der Waals surface area (Å²) in [6.07, 6.45) is 0. The first-order valence-electron chi connectivity index (χ1n) is 4.58. The summed E-state index contributed by atoms with van der Waals surface area (Å²) in [5.74, 6) is 4.61. The van der Waals surface area contributed by atoms with Gasteiger partial charge in [-0.3, -0.25) is 4.79 Å². The molecule has 1 amide bonds. The predicted octanol–water partition coefficient (Wildman–Crippen LogP) is 0.478. The maximum atomic E-state index is 13.0. The molecular weight excluding hydrogens is 209 g/mol. The lowest BCUT2D eigenvalue weighted by Crippen LogP contribution is -2.19. The van der Waals surface area contributed by atoms with Crippen molar-refractivity contribution >= 4 is 17.3 Å². The molecule has 0 atom stereocenters. The van der Waals surface area contributed by atoms with Crippen LogP contribution in [0.3, 0.4) is 0 Å². The van der Waals surface area contributed by atoms with Crippen LogP contribution in [0.4, 0.5) is 15.8 Å². The first-order valence-corrected chi connectivity index (χ1v) is 4.58. The van der Waals surface area contributed by atoms with Crippen LogP contribution in [0, 0.1) is 17.7 Å². The molecule has 0 aliphatic carbocycles. The van der Waals surface area contributed by atoms with Crippen molar-refractivity contribution in [3.05, 3.63) is 23.5 Å². The summed E-state index contributed by atoms with van der Waals surface area (Å²) >= 11 is 0. The topological polar surface area (TPSA) is 81.1 Å². The number of rotatable bonds is 1. The number of amides is 1. The van der Waals surface area contributed by atoms with Crippen molar-refractivity contribution in [3.8, 4) is 11.8 Å². The molecule has 1 aromatic carbocycles. The van der Waals surface area contributed by atoms with E-state index < -0.39 is 5.82 Å². The molecule has 16 heavy (non-hydrogen) atoms. The van der Waals surface area contributed by atoms with Crippen LogP contribution in [0.15, 0.2) is 12.1 Å². The Bertz CT molecular complexity index is 474. The largest absolute Gasteiger partial charge is 0.397 e. The molecular formula is C11H12FN3O. The van der Waals surface area contributed by atoms with Crippen LogP contribution in [-0.2, 0) is 4.79 Å². The molecule has 0 unspecified atom stereocenters. The second-order valence-corrected chi connectivity index (χ2v) is 3.17. The van der Waals surface area contributed by atoms with E-state index in [0.717, 1.165) is 6.07 Å². The van der Waals surface area contributed by atoms with Gasteiger partial charge in [-0.15, -0.1) is 0 Å². The van der Waals surface area contributed by atoms with Crippen molar-refractivity contribution in [2.45, 2.75) is 6.92 Å². The van der Waals surface area contributed by atoms with Gasteiger partial charge < -0.3 is 16.8 Å². The van der Waals surface area contributed by atoms with E-state index in [2.05, 4.69) is 17.2 Å². The number of nitrogen functional groups attached to an aromatic ring is 2. The Morgan fingerprint density at radius 2 is 2.19 bits per heavy atom. The van der Waals surface area contributed by atoms with Crippen molar-refractivity contribution in [1.82, 2.24) is 5.32 Å². The first kappa shape index (κ1) is 11.9. The normalized spacial score (nSPS) is 9.12. The zero-order chi connectivity index (χ0) is 12.1. The lowest BCUT2D eigenvalue weighted by Gasteiger charge is -2.02. The Labute approximate surface area is 92.8 Å². The molecule has 0 saturated heterocycles. The first-order chi connectivity index (χ1) is 7.50. The fourth-order valence-electron chi connectivity index (χ4n) is 1.05. The quantitative estimate of drug-likeness (QED) is 0.476. The van der Waals surface area contributed by atoms with E-state index in [0.29, 0.717) is 5.56 Å². The van der Waals surface area contributed by atoms with Gasteiger partial charge in [0.05, 0.1) is 23.5 Å². The molecule has 4 nitrogen and oxygen atoms in total. The highest BCUT2D eigenvalue weighted by Crippen LogP contribution is 2.20. The molecule has 0 spiro atoms. The molecule has 1 rings (SSSR count). The van der Waals surface area contributed by atoms with Crippen LogP contribution >= 0.6 is 0 Å². The molecule has 0 fully saturated rings. The second-order valence-electron chi connectivity index (χ2n) is 3.17. The third-order valence-electron chi connectivity index (χ3n) is 1.83. The third kappa shape index (κ3) is 3.17. The second kappa shape index (κ2) is 5.03. The molecule has 5 N–H and O–H groups in total. The van der Waals surface area contributed by atoms with Gasteiger partial charge in [-0.05, 0) is 12.1 Å². The summed E-state index contributed by atoms with van der Waals surface area (Å²) in [6.45, 7) is 1.57. The molecule has 0 saturated carbocycles. The standard InChI is InChI=1S/C11H12FN3O/c1-7(16)15-4-2-3-8-5-9(12)6-10(13)11(8)14/h5-6H,4,13-14H2,1H3,(H,15,16). The average molecular weight is 221 g/mol. The molecule has 0 heterocycles. The van der Waals surface area contributed by atoms with Crippen LogP contribution in [0.2, 0.25) is 0 Å². The van der Waals surface area contributed by atoms with E-state index in [1.807, 2.05) is 0 Å². The number of nitrogens with two attached hydrogens (primary N) is 2. The SMILES string of the molecule is CC(=O)NCC#Cc1cc(F)cc(N)c1N. The van der Waals surface area contributed by atoms with Crippen molar-refractivity contribution < 1.29 is 9.18 Å². The number of hydrogen-bond acceptors (Lipinski definition) is 3. The number of anilines is 2. The van der Waals surface area contributed by atoms with Gasteiger partial charge >= 0.3 is 0 Å². The minimum Gasteiger partial charge on any atom is -0.397 e. The highest BCUT2D eigenvalue weighted by Gasteiger charge is 2.03. The molecule has 0 radical (unpaired) electrons. The Balaban J connectivity index is 2.84. The number of carbonyl (C=O) groups is 1. The molecule has 0 aliphatic rings. The minimum atomic E-state index is -0.490. The number of hydrogen-bond donors (Lipinski definition) is 3. The van der Waals surface area contributed by atoms with Gasteiger partial charge in [-0.1, -0.05) is 11.8 Å². The summed E-state index contributed by atoms with van der Waals surface area (Å²) in [5, 5.41) is 2.49. The molecule has 0 aliphatic heterocycles. The lowest BCUT2D eigenvalue weighted by molar-refractivity contribution is -0.118. The van der Waals surface area contributed by atoms with E-state index in [1.165, 1.54) is 13.0 Å². The van der Waals surface area contributed by atoms with Gasteiger partial charge in [-0.2, -0.15) is 0 Å². The van der Waals surface area contributed by atoms with Gasteiger partial charge in [0.25, 0.3) is 0 Å². The number of benzene rings is 1. The zero-order valence-corrected chi connectivity index (χ0v) is 8.80. The summed E-state index contributed by atoms with van der Waals surface area (Å²) in [6, 6.07) is 2.33. The van der Waals surface area contributed by atoms with Crippen molar-refractivity contribution in [1.29, 1.82) is 0 Å². The van der Waals surface area contributed by atoms with E-state index in [-0.39, 0.29) is 23.8 Å². The zero-order valence-electron chi connectivity index (χ0n) is 8.80. The maximum absolute atomic E-state index is 13.0. The number of halogens is 1. The number of carbonyl (C=O) groups excluding carboxylic acids is 1. The van der Waals surface area contributed by atoms with Gasteiger partial charge in [0.15, 0.2) is 0 Å². The third-order valence-corrected chi connectivity index (χ3v) is 1.83. The Morgan fingerprint density at radius 1 is 1.50 bits per heavy atom. The summed E-state index contributed by atoms with van der Waals surface area (Å²) in [4.78, 5) is 10.5. The van der Waals surface area contributed by atoms with Crippen LogP contribution in [-0.4, -0.2) is 12.5 Å². The molecule has 84 valence electrons. The highest BCUT2D eigenvalue weighted by molar-refractivity contribution is 5.73. The molecule has 1 aromatic rings. The van der Waals surface area contributed by atoms with E-state index >= 15 is 0 Å². The van der Waals surface area contributed by atoms with Crippen molar-refractivity contribution in [2.75, 3.05) is 18.0 Å². The van der Waals surface area contributed by atoms with Gasteiger partial charge in [0, 0.05) is 6.92 Å². The summed E-state index contributed by atoms with van der Waals surface area (Å²) in [7, 11) is 0. The average Bonchev–Trinajstić information content (AvgIpc) is 2.19. The van der Waals surface area contributed by atoms with E-state index in [9.17, 15) is 9.18 Å². The van der Waals surface area contributed by atoms with Crippen molar-refractivity contribution in [3.63, 3.8) is 0 Å². The van der Waals surface area contributed by atoms with Crippen LogP contribution in [0.25, 0.3) is 0 Å². The Kier molecular flexibility index (Phi) is 3.72. The Hall–Kier alpha value is -2.22. The van der Waals surface area contributed by atoms with Crippen molar-refractivity contribution in [2.24, 2.45) is 0 Å². The van der Waals surface area contributed by atoms with Gasteiger partial charge in [-0.25, -0.2) is 4.39 Å².